The summed E-state index contributed by atoms with van der Waals surface area (Å²) in [6.45, 7) is 3.52. The molecule has 0 aliphatic carbocycles. The van der Waals surface area contributed by atoms with Crippen LogP contribution in [0.5, 0.6) is 5.75 Å². The third kappa shape index (κ3) is 3.01. The van der Waals surface area contributed by atoms with E-state index in [2.05, 4.69) is 22.3 Å². The van der Waals surface area contributed by atoms with Crippen LogP contribution in [-0.2, 0) is 11.3 Å². The second kappa shape index (κ2) is 6.94. The molecule has 28 heavy (non-hydrogen) atoms. The maximum atomic E-state index is 12.3. The van der Waals surface area contributed by atoms with Gasteiger partial charge in [0.25, 0.3) is 5.91 Å². The van der Waals surface area contributed by atoms with Gasteiger partial charge in [-0.2, -0.15) is 0 Å². The van der Waals surface area contributed by atoms with E-state index in [9.17, 15) is 4.79 Å². The SMILES string of the molecule is COc1cccc(CN2C[C@@H]3[C@H](CNC(=O)c4ccco4)[C@H]4CC[C@]3(C2)O4)c1. The number of amides is 1. The molecule has 148 valence electrons. The van der Waals surface area contributed by atoms with Crippen LogP contribution in [0.15, 0.2) is 47.1 Å². The molecule has 3 aliphatic heterocycles. The van der Waals surface area contributed by atoms with Crippen LogP contribution in [0.3, 0.4) is 0 Å². The van der Waals surface area contributed by atoms with E-state index in [0.29, 0.717) is 24.1 Å². The van der Waals surface area contributed by atoms with Gasteiger partial charge in [-0.3, -0.25) is 9.69 Å². The first kappa shape index (κ1) is 17.8. The van der Waals surface area contributed by atoms with Crippen LogP contribution in [0.1, 0.15) is 29.0 Å². The summed E-state index contributed by atoms with van der Waals surface area (Å²) in [5, 5.41) is 3.05. The Morgan fingerprint density at radius 1 is 1.36 bits per heavy atom. The van der Waals surface area contributed by atoms with E-state index in [1.165, 1.54) is 11.8 Å². The van der Waals surface area contributed by atoms with Crippen molar-refractivity contribution in [1.29, 1.82) is 0 Å². The lowest BCUT2D eigenvalue weighted by Crippen LogP contribution is -2.41. The first-order valence-electron chi connectivity index (χ1n) is 10.0. The van der Waals surface area contributed by atoms with Gasteiger partial charge in [-0.15, -0.1) is 0 Å². The second-order valence-corrected chi connectivity index (χ2v) is 8.24. The number of nitrogens with one attached hydrogen (secondary N) is 1. The average Bonchev–Trinajstić information content (AvgIpc) is 3.47. The number of furan rings is 1. The van der Waals surface area contributed by atoms with Crippen molar-refractivity contribution in [2.75, 3.05) is 26.7 Å². The lowest BCUT2D eigenvalue weighted by atomic mass is 9.73. The molecule has 3 aliphatic rings. The summed E-state index contributed by atoms with van der Waals surface area (Å²) in [5.41, 5.74) is 1.22. The monoisotopic (exact) mass is 382 g/mol. The molecule has 0 unspecified atom stereocenters. The number of benzene rings is 1. The van der Waals surface area contributed by atoms with Crippen molar-refractivity contribution in [2.24, 2.45) is 11.8 Å². The molecule has 1 aromatic carbocycles. The molecule has 1 spiro atoms. The van der Waals surface area contributed by atoms with Crippen molar-refractivity contribution in [3.8, 4) is 5.75 Å². The minimum Gasteiger partial charge on any atom is -0.497 e. The quantitative estimate of drug-likeness (QED) is 0.832. The van der Waals surface area contributed by atoms with Gasteiger partial charge in [0.1, 0.15) is 5.75 Å². The summed E-state index contributed by atoms with van der Waals surface area (Å²) in [4.78, 5) is 14.7. The van der Waals surface area contributed by atoms with Gasteiger partial charge in [-0.25, -0.2) is 0 Å². The first-order chi connectivity index (χ1) is 13.7. The van der Waals surface area contributed by atoms with Crippen LogP contribution >= 0.6 is 0 Å². The van der Waals surface area contributed by atoms with E-state index < -0.39 is 0 Å². The molecule has 3 saturated heterocycles. The van der Waals surface area contributed by atoms with Crippen molar-refractivity contribution in [2.45, 2.75) is 31.1 Å². The van der Waals surface area contributed by atoms with E-state index in [4.69, 9.17) is 13.9 Å². The van der Waals surface area contributed by atoms with Gasteiger partial charge in [-0.1, -0.05) is 12.1 Å². The van der Waals surface area contributed by atoms with Gasteiger partial charge >= 0.3 is 0 Å². The van der Waals surface area contributed by atoms with Crippen molar-refractivity contribution in [3.63, 3.8) is 0 Å². The number of rotatable bonds is 6. The van der Waals surface area contributed by atoms with Gasteiger partial charge in [-0.05, 0) is 42.7 Å². The summed E-state index contributed by atoms with van der Waals surface area (Å²) < 4.78 is 17.0. The largest absolute Gasteiger partial charge is 0.497 e. The minimum atomic E-state index is -0.145. The minimum absolute atomic E-state index is 0.0381. The Morgan fingerprint density at radius 3 is 3.11 bits per heavy atom. The van der Waals surface area contributed by atoms with E-state index in [1.54, 1.807) is 19.2 Å². The topological polar surface area (TPSA) is 63.9 Å². The van der Waals surface area contributed by atoms with Crippen LogP contribution in [-0.4, -0.2) is 49.3 Å². The van der Waals surface area contributed by atoms with Gasteiger partial charge in [0.2, 0.25) is 0 Å². The number of hydrogen-bond acceptors (Lipinski definition) is 5. The molecule has 1 aromatic heterocycles. The van der Waals surface area contributed by atoms with Gasteiger partial charge in [0.05, 0.1) is 25.1 Å². The fourth-order valence-electron chi connectivity index (χ4n) is 5.41. The van der Waals surface area contributed by atoms with Crippen molar-refractivity contribution in [3.05, 3.63) is 54.0 Å². The molecule has 2 bridgehead atoms. The lowest BCUT2D eigenvalue weighted by molar-refractivity contribution is 0.00211. The number of fused-ring (bicyclic) bond motifs is 1. The molecule has 4 heterocycles. The Hall–Kier alpha value is -2.31. The van der Waals surface area contributed by atoms with Crippen LogP contribution in [0, 0.1) is 11.8 Å². The number of carbonyl (C=O) groups is 1. The molecule has 0 radical (unpaired) electrons. The number of hydrogen-bond donors (Lipinski definition) is 1. The maximum Gasteiger partial charge on any atom is 0.286 e. The first-order valence-corrected chi connectivity index (χ1v) is 10.0. The highest BCUT2D eigenvalue weighted by Crippen LogP contribution is 2.54. The van der Waals surface area contributed by atoms with Gasteiger partial charge < -0.3 is 19.2 Å². The number of nitrogens with zero attached hydrogens (tertiary/aromatic N) is 1. The van der Waals surface area contributed by atoms with Crippen LogP contribution in [0.25, 0.3) is 0 Å². The summed E-state index contributed by atoms with van der Waals surface area (Å²) in [6, 6.07) is 11.7. The molecule has 6 nitrogen and oxygen atoms in total. The predicted octanol–water partition coefficient (Wildman–Crippen LogP) is 2.70. The highest BCUT2D eigenvalue weighted by atomic mass is 16.5. The predicted molar refractivity (Wildman–Crippen MR) is 103 cm³/mol. The smallest absolute Gasteiger partial charge is 0.286 e. The number of methoxy groups -OCH3 is 1. The Bertz CT molecular complexity index is 852. The Kier molecular flexibility index (Phi) is 4.40. The molecular weight excluding hydrogens is 356 g/mol. The maximum absolute atomic E-state index is 12.3. The normalized spacial score (nSPS) is 31.1. The number of ether oxygens (including phenoxy) is 2. The van der Waals surface area contributed by atoms with E-state index in [0.717, 1.165) is 38.2 Å². The van der Waals surface area contributed by atoms with Gasteiger partial charge in [0, 0.05) is 38.0 Å². The van der Waals surface area contributed by atoms with E-state index >= 15 is 0 Å². The average molecular weight is 382 g/mol. The van der Waals surface area contributed by atoms with E-state index in [-0.39, 0.29) is 17.6 Å². The number of likely N-dealkylation sites (tertiary alicyclic amines) is 1. The molecule has 1 N–H and O–H groups in total. The van der Waals surface area contributed by atoms with Crippen molar-refractivity contribution in [1.82, 2.24) is 10.2 Å². The third-order valence-corrected chi connectivity index (χ3v) is 6.64. The zero-order chi connectivity index (χ0) is 19.1. The second-order valence-electron chi connectivity index (χ2n) is 8.24. The van der Waals surface area contributed by atoms with Crippen molar-refractivity contribution >= 4 is 5.91 Å². The summed E-state index contributed by atoms with van der Waals surface area (Å²) in [6.07, 6.45) is 4.00. The van der Waals surface area contributed by atoms with Crippen LogP contribution in [0.2, 0.25) is 0 Å². The molecule has 3 fully saturated rings. The molecular formula is C22H26N2O4. The van der Waals surface area contributed by atoms with Crippen LogP contribution in [0.4, 0.5) is 0 Å². The van der Waals surface area contributed by atoms with Gasteiger partial charge in [0.15, 0.2) is 5.76 Å². The van der Waals surface area contributed by atoms with Crippen molar-refractivity contribution < 1.29 is 18.7 Å². The van der Waals surface area contributed by atoms with E-state index in [1.807, 2.05) is 12.1 Å². The molecule has 5 rings (SSSR count). The lowest BCUT2D eigenvalue weighted by Gasteiger charge is -2.29. The molecule has 0 saturated carbocycles. The third-order valence-electron chi connectivity index (χ3n) is 6.64. The molecule has 2 aromatic rings. The Labute approximate surface area is 164 Å². The molecule has 1 amide bonds. The fraction of sp³-hybridized carbons (Fsp3) is 0.500. The molecule has 4 atom stereocenters. The highest BCUT2D eigenvalue weighted by molar-refractivity contribution is 5.91. The zero-order valence-electron chi connectivity index (χ0n) is 16.1. The summed E-state index contributed by atoms with van der Waals surface area (Å²) >= 11 is 0. The number of carbonyl (C=O) groups excluding carboxylic acids is 1. The molecule has 6 heteroatoms. The zero-order valence-corrected chi connectivity index (χ0v) is 16.1. The summed E-state index contributed by atoms with van der Waals surface area (Å²) in [5.74, 6) is 1.94. The van der Waals surface area contributed by atoms with Crippen LogP contribution < -0.4 is 10.1 Å². The highest BCUT2D eigenvalue weighted by Gasteiger charge is 2.62. The Balaban J connectivity index is 1.25. The standard InChI is InChI=1S/C22H26N2O4/c1-26-16-5-2-4-15(10-16)12-24-13-18-17(19-7-8-22(18,14-24)28-19)11-23-21(25)20-6-3-9-27-20/h2-6,9-10,17-19H,7-8,11-14H2,1H3,(H,23,25)/t17-,18+,19+,22+/m0/s1. The fourth-order valence-corrected chi connectivity index (χ4v) is 5.41. The Morgan fingerprint density at radius 2 is 2.29 bits per heavy atom. The summed E-state index contributed by atoms with van der Waals surface area (Å²) in [7, 11) is 1.70.